The Hall–Kier alpha value is -2.22. The molecule has 0 spiro atoms. The third-order valence-corrected chi connectivity index (χ3v) is 7.03. The minimum atomic E-state index is -3.77. The molecule has 0 aromatic heterocycles. The van der Waals surface area contributed by atoms with Crippen molar-refractivity contribution >= 4 is 15.9 Å². The van der Waals surface area contributed by atoms with Crippen molar-refractivity contribution in [3.63, 3.8) is 0 Å². The van der Waals surface area contributed by atoms with Gasteiger partial charge in [-0.25, -0.2) is 8.42 Å². The molecule has 1 fully saturated rings. The number of hydrogen-bond acceptors (Lipinski definition) is 4. The van der Waals surface area contributed by atoms with Gasteiger partial charge in [-0.2, -0.15) is 4.31 Å². The smallest absolute Gasteiger partial charge is 0.243 e. The Morgan fingerprint density at radius 1 is 1.07 bits per heavy atom. The second-order valence-electron chi connectivity index (χ2n) is 8.12. The van der Waals surface area contributed by atoms with E-state index in [1.807, 2.05) is 30.3 Å². The maximum Gasteiger partial charge on any atom is 0.243 e. The Bertz CT molecular complexity index is 924. The van der Waals surface area contributed by atoms with Gasteiger partial charge in [-0.1, -0.05) is 48.5 Å². The summed E-state index contributed by atoms with van der Waals surface area (Å²) >= 11 is 0. The van der Waals surface area contributed by atoms with E-state index in [1.54, 1.807) is 44.2 Å². The summed E-state index contributed by atoms with van der Waals surface area (Å²) in [5.41, 5.74) is -0.102. The molecule has 1 saturated heterocycles. The first-order valence-electron chi connectivity index (χ1n) is 9.80. The fraction of sp³-hybridized carbons (Fsp3) is 0.409. The first kappa shape index (κ1) is 21.5. The molecule has 0 radical (unpaired) electrons. The SMILES string of the molecule is CC(C)(O)CNC(=O)C1CCC(c2ccccc2)N(S(=O)(=O)c2ccccc2)C1. The number of carbonyl (C=O) groups is 1. The van der Waals surface area contributed by atoms with E-state index >= 15 is 0 Å². The van der Waals surface area contributed by atoms with Crippen LogP contribution < -0.4 is 5.32 Å². The minimum Gasteiger partial charge on any atom is -0.389 e. The first-order valence-corrected chi connectivity index (χ1v) is 11.2. The Labute approximate surface area is 172 Å². The number of nitrogens with zero attached hydrogens (tertiary/aromatic N) is 1. The molecule has 2 aromatic rings. The van der Waals surface area contributed by atoms with Gasteiger partial charge in [-0.3, -0.25) is 4.79 Å². The third kappa shape index (κ3) is 5.23. The summed E-state index contributed by atoms with van der Waals surface area (Å²) in [7, 11) is -3.77. The van der Waals surface area contributed by atoms with Crippen molar-refractivity contribution in [3.05, 3.63) is 66.2 Å². The summed E-state index contributed by atoms with van der Waals surface area (Å²) in [6.45, 7) is 3.46. The van der Waals surface area contributed by atoms with Crippen LogP contribution in [0.5, 0.6) is 0 Å². The number of piperidine rings is 1. The van der Waals surface area contributed by atoms with Gasteiger partial charge in [0, 0.05) is 13.1 Å². The standard InChI is InChI=1S/C22H28N2O4S/c1-22(2,26)16-23-21(25)18-13-14-20(17-9-5-3-6-10-17)24(15-18)29(27,28)19-11-7-4-8-12-19/h3-12,18,20,26H,13-16H2,1-2H3,(H,23,25). The van der Waals surface area contributed by atoms with Crippen LogP contribution in [0.15, 0.2) is 65.6 Å². The lowest BCUT2D eigenvalue weighted by molar-refractivity contribution is -0.127. The van der Waals surface area contributed by atoms with Gasteiger partial charge in [0.15, 0.2) is 0 Å². The van der Waals surface area contributed by atoms with Crippen LogP contribution in [0.2, 0.25) is 0 Å². The lowest BCUT2D eigenvalue weighted by Crippen LogP contribution is -2.48. The Kier molecular flexibility index (Phi) is 6.41. The highest BCUT2D eigenvalue weighted by molar-refractivity contribution is 7.89. The molecule has 1 aliphatic rings. The second kappa shape index (κ2) is 8.65. The molecule has 1 aliphatic heterocycles. The van der Waals surface area contributed by atoms with Gasteiger partial charge in [-0.15, -0.1) is 0 Å². The van der Waals surface area contributed by atoms with Gasteiger partial charge >= 0.3 is 0 Å². The zero-order chi connectivity index (χ0) is 21.1. The van der Waals surface area contributed by atoms with Gasteiger partial charge in [0.2, 0.25) is 15.9 Å². The normalized spacial score (nSPS) is 20.9. The minimum absolute atomic E-state index is 0.106. The molecule has 0 bridgehead atoms. The highest BCUT2D eigenvalue weighted by Gasteiger charge is 2.40. The van der Waals surface area contributed by atoms with Gasteiger partial charge in [0.1, 0.15) is 0 Å². The van der Waals surface area contributed by atoms with E-state index in [1.165, 1.54) is 4.31 Å². The topological polar surface area (TPSA) is 86.7 Å². The zero-order valence-corrected chi connectivity index (χ0v) is 17.6. The van der Waals surface area contributed by atoms with Crippen molar-refractivity contribution in [2.24, 2.45) is 5.92 Å². The molecule has 29 heavy (non-hydrogen) atoms. The van der Waals surface area contributed by atoms with Gasteiger partial charge in [0.05, 0.1) is 22.5 Å². The van der Waals surface area contributed by atoms with Crippen molar-refractivity contribution in [1.29, 1.82) is 0 Å². The molecule has 2 N–H and O–H groups in total. The van der Waals surface area contributed by atoms with E-state index in [0.29, 0.717) is 12.8 Å². The van der Waals surface area contributed by atoms with Crippen LogP contribution >= 0.6 is 0 Å². The Balaban J connectivity index is 1.89. The van der Waals surface area contributed by atoms with Gasteiger partial charge in [-0.05, 0) is 44.4 Å². The zero-order valence-electron chi connectivity index (χ0n) is 16.8. The van der Waals surface area contributed by atoms with E-state index in [-0.39, 0.29) is 29.9 Å². The summed E-state index contributed by atoms with van der Waals surface area (Å²) in [6.07, 6.45) is 1.13. The maximum absolute atomic E-state index is 13.4. The number of carbonyl (C=O) groups excluding carboxylic acids is 1. The van der Waals surface area contributed by atoms with E-state index in [0.717, 1.165) is 5.56 Å². The average Bonchev–Trinajstić information content (AvgIpc) is 2.72. The quantitative estimate of drug-likeness (QED) is 0.758. The molecule has 3 rings (SSSR count). The van der Waals surface area contributed by atoms with Crippen LogP contribution in [0.25, 0.3) is 0 Å². The average molecular weight is 417 g/mol. The van der Waals surface area contributed by atoms with Crippen molar-refractivity contribution in [2.45, 2.75) is 43.2 Å². The van der Waals surface area contributed by atoms with Crippen LogP contribution in [-0.2, 0) is 14.8 Å². The predicted molar refractivity (Wildman–Crippen MR) is 112 cm³/mol. The number of amides is 1. The first-order chi connectivity index (χ1) is 13.7. The molecule has 2 aromatic carbocycles. The molecule has 1 heterocycles. The molecule has 1 amide bonds. The van der Waals surface area contributed by atoms with E-state index in [4.69, 9.17) is 0 Å². The van der Waals surface area contributed by atoms with Crippen molar-refractivity contribution in [1.82, 2.24) is 9.62 Å². The van der Waals surface area contributed by atoms with Crippen LogP contribution in [0.3, 0.4) is 0 Å². The lowest BCUT2D eigenvalue weighted by atomic mass is 9.90. The Morgan fingerprint density at radius 3 is 2.24 bits per heavy atom. The fourth-order valence-electron chi connectivity index (χ4n) is 3.60. The number of aliphatic hydroxyl groups is 1. The molecular weight excluding hydrogens is 388 g/mol. The van der Waals surface area contributed by atoms with E-state index in [2.05, 4.69) is 5.32 Å². The summed E-state index contributed by atoms with van der Waals surface area (Å²) in [6, 6.07) is 17.5. The Morgan fingerprint density at radius 2 is 1.66 bits per heavy atom. The second-order valence-corrected chi connectivity index (χ2v) is 10.0. The van der Waals surface area contributed by atoms with Gasteiger partial charge < -0.3 is 10.4 Å². The lowest BCUT2D eigenvalue weighted by Gasteiger charge is -2.38. The highest BCUT2D eigenvalue weighted by Crippen LogP contribution is 2.37. The molecule has 0 saturated carbocycles. The van der Waals surface area contributed by atoms with Crippen LogP contribution in [0, 0.1) is 5.92 Å². The maximum atomic E-state index is 13.4. The van der Waals surface area contributed by atoms with E-state index in [9.17, 15) is 18.3 Å². The van der Waals surface area contributed by atoms with Crippen LogP contribution in [-0.4, -0.2) is 42.4 Å². The highest BCUT2D eigenvalue weighted by atomic mass is 32.2. The summed E-state index contributed by atoms with van der Waals surface area (Å²) in [5, 5.41) is 12.6. The van der Waals surface area contributed by atoms with Crippen molar-refractivity contribution in [2.75, 3.05) is 13.1 Å². The summed E-state index contributed by atoms with van der Waals surface area (Å²) in [5.74, 6) is -0.692. The monoisotopic (exact) mass is 416 g/mol. The fourth-order valence-corrected chi connectivity index (χ4v) is 5.31. The number of benzene rings is 2. The number of sulfonamides is 1. The van der Waals surface area contributed by atoms with Crippen molar-refractivity contribution < 1.29 is 18.3 Å². The van der Waals surface area contributed by atoms with Crippen LogP contribution in [0.1, 0.15) is 38.3 Å². The van der Waals surface area contributed by atoms with Crippen LogP contribution in [0.4, 0.5) is 0 Å². The summed E-state index contributed by atoms with van der Waals surface area (Å²) < 4.78 is 28.3. The molecule has 0 aliphatic carbocycles. The number of hydrogen-bond donors (Lipinski definition) is 2. The molecule has 7 heteroatoms. The van der Waals surface area contributed by atoms with Gasteiger partial charge in [0.25, 0.3) is 0 Å². The largest absolute Gasteiger partial charge is 0.389 e. The molecular formula is C22H28N2O4S. The number of rotatable bonds is 6. The molecule has 2 atom stereocenters. The predicted octanol–water partition coefficient (Wildman–Crippen LogP) is 2.72. The third-order valence-electron chi connectivity index (χ3n) is 5.14. The molecule has 156 valence electrons. The number of nitrogens with one attached hydrogen (secondary N) is 1. The van der Waals surface area contributed by atoms with E-state index < -0.39 is 21.5 Å². The molecule has 2 unspecified atom stereocenters. The molecule has 6 nitrogen and oxygen atoms in total. The summed E-state index contributed by atoms with van der Waals surface area (Å²) in [4.78, 5) is 12.9. The van der Waals surface area contributed by atoms with Crippen molar-refractivity contribution in [3.8, 4) is 0 Å².